The van der Waals surface area contributed by atoms with Crippen LogP contribution in [0.2, 0.25) is 0 Å². The van der Waals surface area contributed by atoms with E-state index < -0.39 is 0 Å². The van der Waals surface area contributed by atoms with Crippen LogP contribution in [0, 0.1) is 0 Å². The second-order valence-electron chi connectivity index (χ2n) is 3.23. The van der Waals surface area contributed by atoms with Gasteiger partial charge >= 0.3 is 0 Å². The van der Waals surface area contributed by atoms with Gasteiger partial charge in [0, 0.05) is 0 Å². The molecule has 1 atom stereocenters. The monoisotopic (exact) mass is 191 g/mol. The molecule has 0 bridgehead atoms. The molecule has 3 heteroatoms. The Morgan fingerprint density at radius 2 is 2.07 bits per heavy atom. The van der Waals surface area contributed by atoms with Crippen molar-refractivity contribution >= 4 is 6.08 Å². The Morgan fingerprint density at radius 1 is 1.43 bits per heavy atom. The van der Waals surface area contributed by atoms with E-state index in [1.54, 1.807) is 6.92 Å². The molecule has 1 aromatic rings. The van der Waals surface area contributed by atoms with Crippen molar-refractivity contribution in [3.8, 4) is 0 Å². The van der Waals surface area contributed by atoms with Crippen molar-refractivity contribution in [1.29, 1.82) is 0 Å². The second-order valence-corrected chi connectivity index (χ2v) is 3.23. The topological polar surface area (TPSA) is 49.7 Å². The highest BCUT2D eigenvalue weighted by atomic mass is 16.3. The Morgan fingerprint density at radius 3 is 2.64 bits per heavy atom. The van der Waals surface area contributed by atoms with E-state index in [1.165, 1.54) is 6.08 Å². The molecule has 14 heavy (non-hydrogen) atoms. The van der Waals surface area contributed by atoms with Crippen LogP contribution in [0.5, 0.6) is 0 Å². The van der Waals surface area contributed by atoms with Gasteiger partial charge in [-0.15, -0.1) is 0 Å². The highest BCUT2D eigenvalue weighted by Gasteiger charge is 2.03. The van der Waals surface area contributed by atoms with Gasteiger partial charge < -0.3 is 5.11 Å². The number of rotatable bonds is 4. The van der Waals surface area contributed by atoms with Crippen LogP contribution in [-0.2, 0) is 17.8 Å². The van der Waals surface area contributed by atoms with E-state index in [2.05, 4.69) is 4.99 Å². The Kier molecular flexibility index (Phi) is 4.05. The number of aliphatic hydroxyl groups excluding tert-OH is 1. The first-order chi connectivity index (χ1) is 6.74. The molecule has 1 unspecified atom stereocenters. The Hall–Kier alpha value is -1.44. The van der Waals surface area contributed by atoms with Gasteiger partial charge in [-0.25, -0.2) is 9.79 Å². The van der Waals surface area contributed by atoms with Gasteiger partial charge in [0.05, 0.1) is 12.6 Å². The largest absolute Gasteiger partial charge is 0.393 e. The summed E-state index contributed by atoms with van der Waals surface area (Å²) in [5.41, 5.74) is 2.00. The van der Waals surface area contributed by atoms with Crippen molar-refractivity contribution in [3.05, 3.63) is 35.4 Å². The molecule has 74 valence electrons. The lowest BCUT2D eigenvalue weighted by atomic mass is 10.0. The molecule has 1 N–H and O–H groups in total. The lowest BCUT2D eigenvalue weighted by Crippen LogP contribution is -2.06. The van der Waals surface area contributed by atoms with Gasteiger partial charge in [-0.05, 0) is 24.5 Å². The summed E-state index contributed by atoms with van der Waals surface area (Å²) in [5, 5.41) is 9.25. The second kappa shape index (κ2) is 5.32. The molecule has 0 aliphatic carbocycles. The summed E-state index contributed by atoms with van der Waals surface area (Å²) in [7, 11) is 0. The van der Waals surface area contributed by atoms with Gasteiger partial charge in [-0.2, -0.15) is 0 Å². The minimum Gasteiger partial charge on any atom is -0.393 e. The number of isocyanates is 1. The van der Waals surface area contributed by atoms with Crippen molar-refractivity contribution < 1.29 is 9.90 Å². The zero-order chi connectivity index (χ0) is 10.4. The fraction of sp³-hybridized carbons (Fsp3) is 0.364. The summed E-state index contributed by atoms with van der Waals surface area (Å²) in [5.74, 6) is 0. The summed E-state index contributed by atoms with van der Waals surface area (Å²) >= 11 is 0. The molecule has 0 spiro atoms. The first kappa shape index (κ1) is 10.6. The van der Waals surface area contributed by atoms with Crippen LogP contribution in [-0.4, -0.2) is 17.3 Å². The smallest absolute Gasteiger partial charge is 0.235 e. The molecular formula is C11H13NO2. The minimum atomic E-state index is -0.378. The molecule has 0 aliphatic rings. The van der Waals surface area contributed by atoms with Crippen LogP contribution < -0.4 is 0 Å². The van der Waals surface area contributed by atoms with Crippen molar-refractivity contribution in [3.63, 3.8) is 0 Å². The molecule has 3 nitrogen and oxygen atoms in total. The maximum atomic E-state index is 9.97. The third-order valence-corrected chi connectivity index (χ3v) is 1.95. The van der Waals surface area contributed by atoms with Crippen LogP contribution in [0.1, 0.15) is 18.1 Å². The predicted molar refractivity (Wildman–Crippen MR) is 53.7 cm³/mol. The fourth-order valence-electron chi connectivity index (χ4n) is 1.35. The maximum absolute atomic E-state index is 9.97. The van der Waals surface area contributed by atoms with Crippen molar-refractivity contribution in [2.45, 2.75) is 26.0 Å². The first-order valence-electron chi connectivity index (χ1n) is 4.52. The van der Waals surface area contributed by atoms with E-state index in [0.717, 1.165) is 11.1 Å². The van der Waals surface area contributed by atoms with Gasteiger partial charge in [0.25, 0.3) is 0 Å². The lowest BCUT2D eigenvalue weighted by Gasteiger charge is -2.08. The van der Waals surface area contributed by atoms with Gasteiger partial charge in [0.15, 0.2) is 0 Å². The molecule has 0 fully saturated rings. The average Bonchev–Trinajstić information content (AvgIpc) is 2.16. The molecule has 0 saturated heterocycles. The zero-order valence-corrected chi connectivity index (χ0v) is 8.10. The molecular weight excluding hydrogens is 178 g/mol. The van der Waals surface area contributed by atoms with E-state index in [9.17, 15) is 9.90 Å². The molecule has 1 aromatic carbocycles. The van der Waals surface area contributed by atoms with Gasteiger partial charge in [-0.1, -0.05) is 24.3 Å². The summed E-state index contributed by atoms with van der Waals surface area (Å²) in [4.78, 5) is 13.5. The molecule has 0 radical (unpaired) electrons. The van der Waals surface area contributed by atoms with Crippen molar-refractivity contribution in [2.24, 2.45) is 4.99 Å². The van der Waals surface area contributed by atoms with Crippen molar-refractivity contribution in [1.82, 2.24) is 0 Å². The minimum absolute atomic E-state index is 0.340. The summed E-state index contributed by atoms with van der Waals surface area (Å²) < 4.78 is 0. The highest BCUT2D eigenvalue weighted by Crippen LogP contribution is 2.12. The normalized spacial score (nSPS) is 11.9. The Labute approximate surface area is 83.1 Å². The van der Waals surface area contributed by atoms with Crippen LogP contribution in [0.15, 0.2) is 29.3 Å². The van der Waals surface area contributed by atoms with E-state index in [0.29, 0.717) is 13.0 Å². The number of aliphatic imine (C=N–C) groups is 1. The molecule has 1 rings (SSSR count). The summed E-state index contributed by atoms with van der Waals surface area (Å²) in [6.07, 6.45) is 1.72. The zero-order valence-electron chi connectivity index (χ0n) is 8.10. The number of hydrogen-bond acceptors (Lipinski definition) is 3. The Bertz CT molecular complexity index is 341. The number of hydrogen-bond donors (Lipinski definition) is 1. The maximum Gasteiger partial charge on any atom is 0.235 e. The summed E-state index contributed by atoms with van der Waals surface area (Å²) in [6.45, 7) is 2.08. The molecule has 0 amide bonds. The number of nitrogens with zero attached hydrogens (tertiary/aromatic N) is 1. The summed E-state index contributed by atoms with van der Waals surface area (Å²) in [6, 6.07) is 7.63. The average molecular weight is 191 g/mol. The molecule has 0 aromatic heterocycles. The molecule has 0 heterocycles. The first-order valence-corrected chi connectivity index (χ1v) is 4.52. The van der Waals surface area contributed by atoms with Crippen LogP contribution in [0.25, 0.3) is 0 Å². The van der Waals surface area contributed by atoms with E-state index in [-0.39, 0.29) is 6.10 Å². The SMILES string of the molecule is CC(O)Cc1ccccc1CN=C=O. The van der Waals surface area contributed by atoms with Gasteiger partial charge in [-0.3, -0.25) is 0 Å². The highest BCUT2D eigenvalue weighted by molar-refractivity contribution is 5.35. The van der Waals surface area contributed by atoms with Crippen LogP contribution in [0.3, 0.4) is 0 Å². The Balaban J connectivity index is 2.84. The van der Waals surface area contributed by atoms with Crippen LogP contribution >= 0.6 is 0 Å². The van der Waals surface area contributed by atoms with E-state index in [1.807, 2.05) is 24.3 Å². The van der Waals surface area contributed by atoms with E-state index in [4.69, 9.17) is 0 Å². The lowest BCUT2D eigenvalue weighted by molar-refractivity contribution is 0.195. The van der Waals surface area contributed by atoms with Crippen LogP contribution in [0.4, 0.5) is 0 Å². The fourth-order valence-corrected chi connectivity index (χ4v) is 1.35. The number of carbonyl (C=O) groups excluding carboxylic acids is 1. The molecule has 0 saturated carbocycles. The van der Waals surface area contributed by atoms with Gasteiger partial charge in [0.1, 0.15) is 0 Å². The van der Waals surface area contributed by atoms with Gasteiger partial charge in [0.2, 0.25) is 6.08 Å². The van der Waals surface area contributed by atoms with E-state index >= 15 is 0 Å². The van der Waals surface area contributed by atoms with Crippen molar-refractivity contribution in [2.75, 3.05) is 0 Å². The third kappa shape index (κ3) is 3.13. The number of aliphatic hydroxyl groups is 1. The standard InChI is InChI=1S/C11H13NO2/c1-9(14)6-10-4-2-3-5-11(10)7-12-8-13/h2-5,9,14H,6-7H2,1H3. The third-order valence-electron chi connectivity index (χ3n) is 1.95. The molecule has 0 aliphatic heterocycles. The number of benzene rings is 1. The quantitative estimate of drug-likeness (QED) is 0.578. The predicted octanol–water partition coefficient (Wildman–Crippen LogP) is 1.45.